The molecule has 1 heterocycles. The van der Waals surface area contributed by atoms with Crippen LogP contribution in [0.5, 0.6) is 11.5 Å². The molecule has 0 aromatic heterocycles. The number of benzene rings is 1. The highest BCUT2D eigenvalue weighted by atomic mass is 16.5. The van der Waals surface area contributed by atoms with Gasteiger partial charge in [0.25, 0.3) is 0 Å². The smallest absolute Gasteiger partial charge is 0.328 e. The summed E-state index contributed by atoms with van der Waals surface area (Å²) in [5.74, 6) is 0.451. The summed E-state index contributed by atoms with van der Waals surface area (Å²) in [5, 5.41) is 36.2. The third kappa shape index (κ3) is 8.28. The van der Waals surface area contributed by atoms with Gasteiger partial charge in [-0.3, -0.25) is 4.79 Å². The monoisotopic (exact) mass is 476 g/mol. The number of hydrogen-bond acceptors (Lipinski definition) is 6. The van der Waals surface area contributed by atoms with Crippen molar-refractivity contribution < 1.29 is 34.8 Å². The minimum atomic E-state index is -0.875. The molecule has 1 aliphatic heterocycles. The van der Waals surface area contributed by atoms with Crippen LogP contribution in [0.2, 0.25) is 0 Å². The number of esters is 1. The number of rotatable bonds is 1. The molecule has 0 saturated heterocycles. The Morgan fingerprint density at radius 2 is 1.53 bits per heavy atom. The number of phenolic OH excluding ortho intramolecular Hbond substituents is 1. The van der Waals surface area contributed by atoms with E-state index in [0.717, 1.165) is 22.3 Å². The molecular formula is C27H40O7. The Balaban J connectivity index is 0.000000522. The van der Waals surface area contributed by atoms with Gasteiger partial charge in [-0.1, -0.05) is 40.7 Å². The second-order valence-electron chi connectivity index (χ2n) is 9.40. The number of aliphatic hydroxyl groups excluding tert-OH is 2. The number of phenols is 1. The first kappa shape index (κ1) is 30.8. The van der Waals surface area contributed by atoms with Gasteiger partial charge in [0.2, 0.25) is 0 Å². The highest BCUT2D eigenvalue weighted by molar-refractivity contribution is 5.80. The van der Waals surface area contributed by atoms with E-state index >= 15 is 0 Å². The maximum atomic E-state index is 11.5. The molecule has 0 spiro atoms. The Morgan fingerprint density at radius 3 is 1.91 bits per heavy atom. The fraction of sp³-hybridized carbons (Fsp3) is 0.481. The SMILES string of the molecule is C.CC(C)=CC(=O)O.CC1C=C(O)C(C)C=C1O.Cc1cc(O)c(C)c2c1OC(=O)CC2(C)C. The van der Waals surface area contributed by atoms with Gasteiger partial charge in [-0.15, -0.1) is 0 Å². The molecule has 190 valence electrons. The first-order valence-electron chi connectivity index (χ1n) is 10.8. The lowest BCUT2D eigenvalue weighted by molar-refractivity contribution is -0.137. The van der Waals surface area contributed by atoms with E-state index in [9.17, 15) is 24.9 Å². The first-order chi connectivity index (χ1) is 15.1. The van der Waals surface area contributed by atoms with E-state index in [0.29, 0.717) is 23.7 Å². The molecule has 0 saturated carbocycles. The molecule has 7 heteroatoms. The summed E-state index contributed by atoms with van der Waals surface area (Å²) in [6, 6.07) is 1.64. The lowest BCUT2D eigenvalue weighted by atomic mass is 9.76. The van der Waals surface area contributed by atoms with Crippen molar-refractivity contribution >= 4 is 11.9 Å². The number of aryl methyl sites for hydroxylation is 1. The molecule has 1 aliphatic carbocycles. The zero-order chi connectivity index (χ0) is 25.7. The maximum absolute atomic E-state index is 11.5. The van der Waals surface area contributed by atoms with E-state index in [2.05, 4.69) is 0 Å². The van der Waals surface area contributed by atoms with E-state index in [-0.39, 0.29) is 36.4 Å². The lowest BCUT2D eigenvalue weighted by Crippen LogP contribution is -2.32. The summed E-state index contributed by atoms with van der Waals surface area (Å²) in [6.45, 7) is 14.9. The van der Waals surface area contributed by atoms with E-state index in [4.69, 9.17) is 9.84 Å². The molecular weight excluding hydrogens is 436 g/mol. The minimum Gasteiger partial charge on any atom is -0.512 e. The Bertz CT molecular complexity index is 971. The number of carboxylic acids is 1. The molecule has 2 aliphatic rings. The number of carbonyl (C=O) groups is 2. The number of aliphatic carboxylic acids is 1. The molecule has 3 rings (SSSR count). The van der Waals surface area contributed by atoms with E-state index < -0.39 is 5.97 Å². The van der Waals surface area contributed by atoms with Gasteiger partial charge < -0.3 is 25.2 Å². The third-order valence-electron chi connectivity index (χ3n) is 5.36. The van der Waals surface area contributed by atoms with Crippen molar-refractivity contribution in [1.29, 1.82) is 0 Å². The summed E-state index contributed by atoms with van der Waals surface area (Å²) in [6.07, 6.45) is 4.85. The Morgan fingerprint density at radius 1 is 1.06 bits per heavy atom. The van der Waals surface area contributed by atoms with Crippen LogP contribution in [0.4, 0.5) is 0 Å². The predicted molar refractivity (Wildman–Crippen MR) is 134 cm³/mol. The summed E-state index contributed by atoms with van der Waals surface area (Å²) in [7, 11) is 0. The molecule has 2 atom stereocenters. The maximum Gasteiger partial charge on any atom is 0.328 e. The number of ether oxygens (including phenoxy) is 1. The summed E-state index contributed by atoms with van der Waals surface area (Å²) < 4.78 is 5.28. The number of carbonyl (C=O) groups excluding carboxylic acids is 1. The molecule has 0 amide bonds. The van der Waals surface area contributed by atoms with Crippen molar-refractivity contribution in [3.8, 4) is 11.5 Å². The molecule has 4 N–H and O–H groups in total. The van der Waals surface area contributed by atoms with Crippen LogP contribution in [-0.4, -0.2) is 32.4 Å². The number of aromatic hydroxyl groups is 1. The highest BCUT2D eigenvalue weighted by Gasteiger charge is 2.36. The summed E-state index contributed by atoms with van der Waals surface area (Å²) >= 11 is 0. The van der Waals surface area contributed by atoms with E-state index in [1.165, 1.54) is 6.08 Å². The fourth-order valence-electron chi connectivity index (χ4n) is 3.65. The molecule has 7 nitrogen and oxygen atoms in total. The predicted octanol–water partition coefficient (Wildman–Crippen LogP) is 6.43. The normalized spacial score (nSPS) is 19.7. The van der Waals surface area contributed by atoms with Crippen LogP contribution in [0.3, 0.4) is 0 Å². The van der Waals surface area contributed by atoms with Crippen LogP contribution in [0.25, 0.3) is 0 Å². The average Bonchev–Trinajstić information content (AvgIpc) is 2.63. The second-order valence-corrected chi connectivity index (χ2v) is 9.40. The van der Waals surface area contributed by atoms with Gasteiger partial charge in [0, 0.05) is 28.9 Å². The Hall–Kier alpha value is -3.22. The average molecular weight is 477 g/mol. The van der Waals surface area contributed by atoms with Crippen molar-refractivity contribution in [3.63, 3.8) is 0 Å². The molecule has 34 heavy (non-hydrogen) atoms. The lowest BCUT2D eigenvalue weighted by Gasteiger charge is -2.33. The van der Waals surface area contributed by atoms with Gasteiger partial charge in [-0.05, 0) is 57.0 Å². The standard InChI is InChI=1S/C13H16O3.C8H12O2.C5H8O2.CH4/c1-7-5-9(14)8(2)11-12(7)16-10(15)6-13(11,3)4;1-5-3-8(10)6(2)4-7(5)9;1-4(2)3-5(6)7;/h5,14H,6H2,1-4H3;3-6,9-10H,1-2H3;3H,1-2H3,(H,6,7);1H4. The Labute approximate surface area is 203 Å². The Kier molecular flexibility index (Phi) is 11.1. The van der Waals surface area contributed by atoms with Gasteiger partial charge in [0.1, 0.15) is 11.5 Å². The number of carboxylic acid groups (broad SMARTS) is 1. The van der Waals surface area contributed by atoms with E-state index in [1.54, 1.807) is 32.1 Å². The van der Waals surface area contributed by atoms with Gasteiger partial charge >= 0.3 is 11.9 Å². The summed E-state index contributed by atoms with van der Waals surface area (Å²) in [5.41, 5.74) is 3.09. The van der Waals surface area contributed by atoms with Crippen molar-refractivity contribution in [1.82, 2.24) is 0 Å². The molecule has 1 aromatic rings. The van der Waals surface area contributed by atoms with Crippen LogP contribution in [0, 0.1) is 25.7 Å². The van der Waals surface area contributed by atoms with Crippen molar-refractivity contribution in [2.45, 2.75) is 74.7 Å². The van der Waals surface area contributed by atoms with E-state index in [1.807, 2.05) is 41.5 Å². The summed E-state index contributed by atoms with van der Waals surface area (Å²) in [4.78, 5) is 21.2. The first-order valence-corrected chi connectivity index (χ1v) is 10.8. The number of hydrogen-bond donors (Lipinski definition) is 4. The van der Waals surface area contributed by atoms with Gasteiger partial charge in [0.05, 0.1) is 17.9 Å². The van der Waals surface area contributed by atoms with Crippen molar-refractivity contribution in [3.05, 3.63) is 58.1 Å². The van der Waals surface area contributed by atoms with Crippen molar-refractivity contribution in [2.24, 2.45) is 11.8 Å². The minimum absolute atomic E-state index is 0. The quantitative estimate of drug-likeness (QED) is 0.209. The topological polar surface area (TPSA) is 124 Å². The van der Waals surface area contributed by atoms with Crippen LogP contribution >= 0.6 is 0 Å². The van der Waals surface area contributed by atoms with Crippen LogP contribution in [-0.2, 0) is 15.0 Å². The third-order valence-corrected chi connectivity index (χ3v) is 5.36. The number of aliphatic hydroxyl groups is 2. The zero-order valence-corrected chi connectivity index (χ0v) is 20.7. The molecule has 1 aromatic carbocycles. The second kappa shape index (κ2) is 12.3. The molecule has 0 bridgehead atoms. The molecule has 0 fully saturated rings. The van der Waals surface area contributed by atoms with Gasteiger partial charge in [-0.25, -0.2) is 4.79 Å². The van der Waals surface area contributed by atoms with Crippen LogP contribution in [0.1, 0.15) is 72.1 Å². The van der Waals surface area contributed by atoms with Gasteiger partial charge in [-0.2, -0.15) is 0 Å². The van der Waals surface area contributed by atoms with Crippen molar-refractivity contribution in [2.75, 3.05) is 0 Å². The van der Waals surface area contributed by atoms with Crippen LogP contribution in [0.15, 0.2) is 41.4 Å². The number of allylic oxidation sites excluding steroid dienone is 3. The largest absolute Gasteiger partial charge is 0.512 e. The molecule has 0 radical (unpaired) electrons. The van der Waals surface area contributed by atoms with Crippen LogP contribution < -0.4 is 4.74 Å². The fourth-order valence-corrected chi connectivity index (χ4v) is 3.65. The van der Waals surface area contributed by atoms with Gasteiger partial charge in [0.15, 0.2) is 0 Å². The zero-order valence-electron chi connectivity index (χ0n) is 20.7. The number of fused-ring (bicyclic) bond motifs is 1. The molecule has 2 unspecified atom stereocenters. The highest BCUT2D eigenvalue weighted by Crippen LogP contribution is 2.45.